The fraction of sp³-hybridized carbons (Fsp3) is 0.143. The molecular formula is C14H13ClN2OS. The maximum absolute atomic E-state index is 11.8. The highest BCUT2D eigenvalue weighted by Crippen LogP contribution is 2.29. The van der Waals surface area contributed by atoms with Gasteiger partial charge in [0.05, 0.1) is 4.91 Å². The molecule has 0 unspecified atom stereocenters. The smallest absolute Gasteiger partial charge is 0.286 e. The molecule has 1 aliphatic heterocycles. The third-order valence-corrected chi connectivity index (χ3v) is 3.86. The molecule has 98 valence electrons. The van der Waals surface area contributed by atoms with Crippen LogP contribution in [0.3, 0.4) is 0 Å². The number of halogens is 1. The lowest BCUT2D eigenvalue weighted by molar-refractivity contribution is -0.113. The maximum atomic E-state index is 11.8. The Labute approximate surface area is 121 Å². The van der Waals surface area contributed by atoms with Gasteiger partial charge < -0.3 is 4.90 Å². The van der Waals surface area contributed by atoms with Gasteiger partial charge in [-0.2, -0.15) is 4.99 Å². The van der Waals surface area contributed by atoms with Crippen LogP contribution in [0.15, 0.2) is 46.8 Å². The van der Waals surface area contributed by atoms with Crippen LogP contribution in [0.5, 0.6) is 0 Å². The summed E-state index contributed by atoms with van der Waals surface area (Å²) < 4.78 is 0. The molecule has 0 N–H and O–H groups in total. The summed E-state index contributed by atoms with van der Waals surface area (Å²) in [6.07, 6.45) is 3.59. The van der Waals surface area contributed by atoms with Gasteiger partial charge in [0.15, 0.2) is 5.17 Å². The minimum atomic E-state index is -0.203. The van der Waals surface area contributed by atoms with E-state index in [2.05, 4.69) is 11.6 Å². The molecule has 0 saturated heterocycles. The van der Waals surface area contributed by atoms with Crippen molar-refractivity contribution in [2.24, 2.45) is 4.99 Å². The Hall–Kier alpha value is -1.52. The highest BCUT2D eigenvalue weighted by atomic mass is 35.5. The number of carbonyl (C=O) groups excluding carboxylic acids is 1. The molecule has 0 aliphatic carbocycles. The molecule has 1 aromatic carbocycles. The SMILES string of the molecule is C=CCN(C)C1=NC(=O)/C(=C/c2ccc(Cl)cc2)S1. The number of carbonyl (C=O) groups is 1. The van der Waals surface area contributed by atoms with Crippen molar-refractivity contribution in [1.82, 2.24) is 4.90 Å². The molecule has 19 heavy (non-hydrogen) atoms. The van der Waals surface area contributed by atoms with Gasteiger partial charge in [-0.05, 0) is 35.5 Å². The van der Waals surface area contributed by atoms with E-state index in [0.717, 1.165) is 5.56 Å². The van der Waals surface area contributed by atoms with Gasteiger partial charge in [0.2, 0.25) is 0 Å². The fourth-order valence-corrected chi connectivity index (χ4v) is 2.55. The first-order chi connectivity index (χ1) is 9.10. The van der Waals surface area contributed by atoms with Crippen LogP contribution >= 0.6 is 23.4 Å². The second kappa shape index (κ2) is 6.08. The molecule has 0 radical (unpaired) electrons. The van der Waals surface area contributed by atoms with Crippen molar-refractivity contribution in [2.45, 2.75) is 0 Å². The summed E-state index contributed by atoms with van der Waals surface area (Å²) in [4.78, 5) is 18.3. The molecule has 0 bridgehead atoms. The van der Waals surface area contributed by atoms with Gasteiger partial charge in [-0.3, -0.25) is 4.79 Å². The Bertz CT molecular complexity index is 563. The summed E-state index contributed by atoms with van der Waals surface area (Å²) in [5.74, 6) is -0.203. The third kappa shape index (κ3) is 3.49. The molecule has 0 spiro atoms. The molecule has 0 aromatic heterocycles. The Kier molecular flexibility index (Phi) is 4.45. The Morgan fingerprint density at radius 2 is 2.11 bits per heavy atom. The molecule has 2 rings (SSSR count). The Morgan fingerprint density at radius 3 is 2.74 bits per heavy atom. The number of benzene rings is 1. The predicted octanol–water partition coefficient (Wildman–Crippen LogP) is 3.43. The van der Waals surface area contributed by atoms with Crippen LogP contribution in [-0.2, 0) is 4.79 Å². The number of amidine groups is 1. The zero-order valence-electron chi connectivity index (χ0n) is 10.5. The van der Waals surface area contributed by atoms with E-state index in [9.17, 15) is 4.79 Å². The molecule has 1 heterocycles. The van der Waals surface area contributed by atoms with E-state index in [1.807, 2.05) is 30.2 Å². The number of amides is 1. The first-order valence-corrected chi connectivity index (χ1v) is 6.90. The highest BCUT2D eigenvalue weighted by Gasteiger charge is 2.23. The average molecular weight is 293 g/mol. The number of nitrogens with zero attached hydrogens (tertiary/aromatic N) is 2. The fourth-order valence-electron chi connectivity index (χ4n) is 1.54. The number of rotatable bonds is 3. The van der Waals surface area contributed by atoms with Crippen LogP contribution < -0.4 is 0 Å². The van der Waals surface area contributed by atoms with E-state index >= 15 is 0 Å². The number of aliphatic imine (C=N–C) groups is 1. The molecule has 3 nitrogen and oxygen atoms in total. The lowest BCUT2D eigenvalue weighted by atomic mass is 10.2. The van der Waals surface area contributed by atoms with Gasteiger partial charge in [-0.25, -0.2) is 0 Å². The van der Waals surface area contributed by atoms with Crippen LogP contribution in [0.25, 0.3) is 6.08 Å². The van der Waals surface area contributed by atoms with Gasteiger partial charge in [-0.1, -0.05) is 29.8 Å². The van der Waals surface area contributed by atoms with Gasteiger partial charge >= 0.3 is 0 Å². The molecule has 1 amide bonds. The third-order valence-electron chi connectivity index (χ3n) is 2.51. The van der Waals surface area contributed by atoms with Crippen molar-refractivity contribution in [1.29, 1.82) is 0 Å². The molecule has 5 heteroatoms. The summed E-state index contributed by atoms with van der Waals surface area (Å²) in [5, 5.41) is 1.38. The summed E-state index contributed by atoms with van der Waals surface area (Å²) >= 11 is 7.20. The second-order valence-corrected chi connectivity index (χ2v) is 5.48. The first-order valence-electron chi connectivity index (χ1n) is 5.70. The highest BCUT2D eigenvalue weighted by molar-refractivity contribution is 8.18. The topological polar surface area (TPSA) is 32.7 Å². The Balaban J connectivity index is 2.14. The molecular weight excluding hydrogens is 280 g/mol. The first kappa shape index (κ1) is 13.9. The lowest BCUT2D eigenvalue weighted by Crippen LogP contribution is -2.22. The number of likely N-dealkylation sites (N-methyl/N-ethyl adjacent to an activating group) is 1. The summed E-state index contributed by atoms with van der Waals surface area (Å²) in [5.41, 5.74) is 0.933. The van der Waals surface area contributed by atoms with Gasteiger partial charge in [-0.15, -0.1) is 6.58 Å². The van der Waals surface area contributed by atoms with Crippen molar-refractivity contribution >= 4 is 40.5 Å². The minimum absolute atomic E-state index is 0.203. The van der Waals surface area contributed by atoms with Crippen molar-refractivity contribution in [2.75, 3.05) is 13.6 Å². The van der Waals surface area contributed by atoms with Crippen LogP contribution in [-0.4, -0.2) is 29.6 Å². The van der Waals surface area contributed by atoms with Crippen LogP contribution in [0.4, 0.5) is 0 Å². The summed E-state index contributed by atoms with van der Waals surface area (Å²) in [6.45, 7) is 4.33. The van der Waals surface area contributed by atoms with Crippen LogP contribution in [0, 0.1) is 0 Å². The number of thioether (sulfide) groups is 1. The van der Waals surface area contributed by atoms with E-state index in [0.29, 0.717) is 21.6 Å². The van der Waals surface area contributed by atoms with E-state index in [1.165, 1.54) is 11.8 Å². The normalized spacial score (nSPS) is 16.6. The molecule has 1 aliphatic rings. The summed E-state index contributed by atoms with van der Waals surface area (Å²) in [6, 6.07) is 7.33. The number of hydrogen-bond acceptors (Lipinski definition) is 3. The second-order valence-electron chi connectivity index (χ2n) is 4.03. The van der Waals surface area contributed by atoms with Gasteiger partial charge in [0.25, 0.3) is 5.91 Å². The average Bonchev–Trinajstić information content (AvgIpc) is 2.74. The van der Waals surface area contributed by atoms with E-state index in [1.54, 1.807) is 18.2 Å². The largest absolute Gasteiger partial charge is 0.350 e. The molecule has 0 fully saturated rings. The summed E-state index contributed by atoms with van der Waals surface area (Å²) in [7, 11) is 1.88. The molecule has 1 aromatic rings. The zero-order chi connectivity index (χ0) is 13.8. The standard InChI is InChI=1S/C14H13ClN2OS/c1-3-8-17(2)14-16-13(18)12(19-14)9-10-4-6-11(15)7-5-10/h3-7,9H,1,8H2,2H3/b12-9-. The quantitative estimate of drug-likeness (QED) is 0.632. The minimum Gasteiger partial charge on any atom is -0.350 e. The van der Waals surface area contributed by atoms with E-state index in [-0.39, 0.29) is 5.91 Å². The van der Waals surface area contributed by atoms with Crippen molar-refractivity contribution < 1.29 is 4.79 Å². The van der Waals surface area contributed by atoms with Crippen molar-refractivity contribution in [3.05, 3.63) is 52.4 Å². The number of hydrogen-bond donors (Lipinski definition) is 0. The monoisotopic (exact) mass is 292 g/mol. The van der Waals surface area contributed by atoms with E-state index < -0.39 is 0 Å². The van der Waals surface area contributed by atoms with Gasteiger partial charge in [0.1, 0.15) is 0 Å². The predicted molar refractivity (Wildman–Crippen MR) is 82.3 cm³/mol. The maximum Gasteiger partial charge on any atom is 0.286 e. The zero-order valence-corrected chi connectivity index (χ0v) is 12.0. The van der Waals surface area contributed by atoms with Crippen LogP contribution in [0.2, 0.25) is 5.02 Å². The van der Waals surface area contributed by atoms with Crippen molar-refractivity contribution in [3.63, 3.8) is 0 Å². The van der Waals surface area contributed by atoms with Gasteiger partial charge in [0, 0.05) is 18.6 Å². The molecule has 0 atom stereocenters. The Morgan fingerprint density at radius 1 is 1.42 bits per heavy atom. The van der Waals surface area contributed by atoms with Crippen molar-refractivity contribution in [3.8, 4) is 0 Å². The van der Waals surface area contributed by atoms with E-state index in [4.69, 9.17) is 11.6 Å². The molecule has 0 saturated carbocycles. The van der Waals surface area contributed by atoms with Crippen LogP contribution in [0.1, 0.15) is 5.56 Å². The lowest BCUT2D eigenvalue weighted by Gasteiger charge is -2.14.